The summed E-state index contributed by atoms with van der Waals surface area (Å²) in [4.78, 5) is 42.4. The quantitative estimate of drug-likeness (QED) is 0.571. The van der Waals surface area contributed by atoms with E-state index in [4.69, 9.17) is 10.00 Å². The van der Waals surface area contributed by atoms with Crippen LogP contribution in [0.25, 0.3) is 0 Å². The lowest BCUT2D eigenvalue weighted by Gasteiger charge is -2.35. The van der Waals surface area contributed by atoms with Crippen molar-refractivity contribution in [3.63, 3.8) is 0 Å². The third-order valence-electron chi connectivity index (χ3n) is 6.69. The number of nitrogens with one attached hydrogen (secondary N) is 1. The molecule has 0 unspecified atom stereocenters. The predicted molar refractivity (Wildman–Crippen MR) is 128 cm³/mol. The van der Waals surface area contributed by atoms with E-state index < -0.39 is 0 Å². The summed E-state index contributed by atoms with van der Waals surface area (Å²) in [6.45, 7) is 5.10. The Kier molecular flexibility index (Phi) is 7.77. The molecule has 0 saturated carbocycles. The number of hydrogen-bond acceptors (Lipinski definition) is 7. The van der Waals surface area contributed by atoms with Gasteiger partial charge < -0.3 is 19.4 Å². The summed E-state index contributed by atoms with van der Waals surface area (Å²) in [6, 6.07) is 10.1. The van der Waals surface area contributed by atoms with Crippen LogP contribution in [0.5, 0.6) is 0 Å². The average molecular weight is 479 g/mol. The summed E-state index contributed by atoms with van der Waals surface area (Å²) in [5.74, 6) is -0.0262. The standard InChI is InChI=1S/C25H30N6O4/c1-18-21(15-27-28-25(18)34)31-16-19-5-2-3-6-20(19)22(31)17-35-14-8-24(33)30-12-10-29(11-13-30)23(32)7-4-9-26/h2-3,5-6,15,22H,4,7-8,10-14,16-17H2,1H3,(H,28,34)/t22-/m1/s1. The van der Waals surface area contributed by atoms with Gasteiger partial charge in [-0.05, 0) is 18.1 Å². The van der Waals surface area contributed by atoms with Crippen molar-refractivity contribution in [2.45, 2.75) is 38.8 Å². The van der Waals surface area contributed by atoms with E-state index in [-0.39, 0.29) is 42.7 Å². The van der Waals surface area contributed by atoms with Gasteiger partial charge in [0, 0.05) is 51.1 Å². The zero-order valence-electron chi connectivity index (χ0n) is 19.9. The van der Waals surface area contributed by atoms with Crippen molar-refractivity contribution in [2.24, 2.45) is 0 Å². The molecule has 2 aliphatic rings. The Morgan fingerprint density at radius 3 is 2.54 bits per heavy atom. The Labute approximate surface area is 204 Å². The zero-order valence-corrected chi connectivity index (χ0v) is 19.9. The number of nitrogens with zero attached hydrogens (tertiary/aromatic N) is 5. The SMILES string of the molecule is Cc1c(N2Cc3ccccc3[C@H]2COCCC(=O)N2CCN(C(=O)CCC#N)CC2)cn[nH]c1=O. The van der Waals surface area contributed by atoms with Gasteiger partial charge in [-0.3, -0.25) is 14.4 Å². The molecule has 3 heterocycles. The van der Waals surface area contributed by atoms with Gasteiger partial charge >= 0.3 is 0 Å². The van der Waals surface area contributed by atoms with E-state index >= 15 is 0 Å². The fourth-order valence-corrected chi connectivity index (χ4v) is 4.68. The molecular formula is C25H30N6O4. The fraction of sp³-hybridized carbons (Fsp3) is 0.480. The number of ether oxygens (including phenoxy) is 1. The lowest BCUT2D eigenvalue weighted by molar-refractivity contribution is -0.140. The first-order valence-electron chi connectivity index (χ1n) is 11.9. The van der Waals surface area contributed by atoms with Crippen LogP contribution in [0.3, 0.4) is 0 Å². The summed E-state index contributed by atoms with van der Waals surface area (Å²) in [5, 5.41) is 15.1. The average Bonchev–Trinajstić information content (AvgIpc) is 3.25. The van der Waals surface area contributed by atoms with Gasteiger partial charge in [0.05, 0.1) is 43.6 Å². The summed E-state index contributed by atoms with van der Waals surface area (Å²) < 4.78 is 5.97. The molecule has 35 heavy (non-hydrogen) atoms. The normalized spacial score (nSPS) is 17.3. The van der Waals surface area contributed by atoms with Crippen molar-refractivity contribution in [1.82, 2.24) is 20.0 Å². The summed E-state index contributed by atoms with van der Waals surface area (Å²) in [5.41, 5.74) is 3.50. The minimum Gasteiger partial charge on any atom is -0.378 e. The van der Waals surface area contributed by atoms with Crippen LogP contribution >= 0.6 is 0 Å². The molecule has 10 heteroatoms. The highest BCUT2D eigenvalue weighted by Crippen LogP contribution is 2.38. The number of H-pyrrole nitrogens is 1. The number of benzene rings is 1. The van der Waals surface area contributed by atoms with E-state index in [9.17, 15) is 14.4 Å². The van der Waals surface area contributed by atoms with Crippen molar-refractivity contribution >= 4 is 17.5 Å². The van der Waals surface area contributed by atoms with E-state index in [1.807, 2.05) is 18.2 Å². The smallest absolute Gasteiger partial charge is 0.269 e. The van der Waals surface area contributed by atoms with Crippen molar-refractivity contribution in [3.05, 3.63) is 57.5 Å². The minimum absolute atomic E-state index is 0.00689. The number of aromatic nitrogens is 2. The van der Waals surface area contributed by atoms with E-state index in [1.54, 1.807) is 22.9 Å². The van der Waals surface area contributed by atoms with Crippen LogP contribution in [0.15, 0.2) is 35.3 Å². The van der Waals surface area contributed by atoms with Gasteiger partial charge in [0.2, 0.25) is 11.8 Å². The molecule has 1 fully saturated rings. The molecule has 1 aromatic carbocycles. The van der Waals surface area contributed by atoms with Gasteiger partial charge in [-0.2, -0.15) is 10.4 Å². The molecule has 4 rings (SSSR count). The molecular weight excluding hydrogens is 448 g/mol. The van der Waals surface area contributed by atoms with Crippen molar-refractivity contribution in [1.29, 1.82) is 5.26 Å². The van der Waals surface area contributed by atoms with Crippen LogP contribution in [-0.4, -0.2) is 71.2 Å². The second-order valence-corrected chi connectivity index (χ2v) is 8.80. The Morgan fingerprint density at radius 2 is 1.83 bits per heavy atom. The molecule has 1 saturated heterocycles. The Hall–Kier alpha value is -3.71. The van der Waals surface area contributed by atoms with Crippen LogP contribution in [0.2, 0.25) is 0 Å². The number of nitriles is 1. The van der Waals surface area contributed by atoms with Gasteiger partial charge in [-0.15, -0.1) is 0 Å². The molecule has 2 amide bonds. The van der Waals surface area contributed by atoms with Gasteiger partial charge in [0.25, 0.3) is 5.56 Å². The molecule has 1 N–H and O–H groups in total. The first-order chi connectivity index (χ1) is 17.0. The summed E-state index contributed by atoms with van der Waals surface area (Å²) in [7, 11) is 0. The van der Waals surface area contributed by atoms with Gasteiger partial charge in [-0.25, -0.2) is 5.10 Å². The number of anilines is 1. The molecule has 1 aromatic heterocycles. The summed E-state index contributed by atoms with van der Waals surface area (Å²) >= 11 is 0. The highest BCUT2D eigenvalue weighted by Gasteiger charge is 2.32. The van der Waals surface area contributed by atoms with Crippen molar-refractivity contribution in [2.75, 3.05) is 44.3 Å². The number of rotatable bonds is 8. The number of piperazine rings is 1. The molecule has 0 radical (unpaired) electrons. The lowest BCUT2D eigenvalue weighted by atomic mass is 10.1. The molecule has 184 valence electrons. The number of fused-ring (bicyclic) bond motifs is 1. The molecule has 10 nitrogen and oxygen atoms in total. The van der Waals surface area contributed by atoms with Crippen molar-refractivity contribution in [3.8, 4) is 6.07 Å². The predicted octanol–water partition coefficient (Wildman–Crippen LogP) is 1.52. The lowest BCUT2D eigenvalue weighted by Crippen LogP contribution is -2.50. The first kappa shape index (κ1) is 24.4. The number of carbonyl (C=O) groups is 2. The highest BCUT2D eigenvalue weighted by molar-refractivity contribution is 5.78. The van der Waals surface area contributed by atoms with E-state index in [2.05, 4.69) is 27.2 Å². The molecule has 2 aliphatic heterocycles. The van der Waals surface area contributed by atoms with Crippen LogP contribution in [0.4, 0.5) is 5.69 Å². The summed E-state index contributed by atoms with van der Waals surface area (Å²) in [6.07, 6.45) is 2.38. The zero-order chi connectivity index (χ0) is 24.8. The number of carbonyl (C=O) groups excluding carboxylic acids is 2. The second-order valence-electron chi connectivity index (χ2n) is 8.80. The topological polar surface area (TPSA) is 123 Å². The van der Waals surface area contributed by atoms with Crippen LogP contribution < -0.4 is 10.5 Å². The minimum atomic E-state index is -0.212. The maximum atomic E-state index is 12.7. The Balaban J connectivity index is 1.30. The number of hydrogen-bond donors (Lipinski definition) is 1. The molecule has 2 aromatic rings. The number of aromatic amines is 1. The largest absolute Gasteiger partial charge is 0.378 e. The van der Waals surface area contributed by atoms with Crippen LogP contribution in [0, 0.1) is 18.3 Å². The second kappa shape index (κ2) is 11.1. The maximum Gasteiger partial charge on any atom is 0.269 e. The molecule has 1 atom stereocenters. The molecule has 0 aliphatic carbocycles. The highest BCUT2D eigenvalue weighted by atomic mass is 16.5. The third kappa shape index (κ3) is 5.52. The Bertz CT molecular complexity index is 1170. The monoisotopic (exact) mass is 478 g/mol. The van der Waals surface area contributed by atoms with Crippen LogP contribution in [-0.2, 0) is 20.9 Å². The maximum absolute atomic E-state index is 12.7. The third-order valence-corrected chi connectivity index (χ3v) is 6.69. The Morgan fingerprint density at radius 1 is 1.14 bits per heavy atom. The van der Waals surface area contributed by atoms with Gasteiger partial charge in [-0.1, -0.05) is 24.3 Å². The van der Waals surface area contributed by atoms with E-state index in [0.717, 1.165) is 11.3 Å². The number of amides is 2. The molecule has 0 bridgehead atoms. The first-order valence-corrected chi connectivity index (χ1v) is 11.9. The fourth-order valence-electron chi connectivity index (χ4n) is 4.68. The van der Waals surface area contributed by atoms with E-state index in [0.29, 0.717) is 51.5 Å². The van der Waals surface area contributed by atoms with Crippen molar-refractivity contribution < 1.29 is 14.3 Å². The van der Waals surface area contributed by atoms with Gasteiger partial charge in [0.1, 0.15) is 0 Å². The molecule has 0 spiro atoms. The van der Waals surface area contributed by atoms with E-state index in [1.165, 1.54) is 5.56 Å². The van der Waals surface area contributed by atoms with Crippen LogP contribution in [0.1, 0.15) is 42.0 Å². The van der Waals surface area contributed by atoms with Gasteiger partial charge in [0.15, 0.2) is 0 Å².